The molecule has 0 aromatic carbocycles. The summed E-state index contributed by atoms with van der Waals surface area (Å²) in [6.45, 7) is 14.3. The van der Waals surface area contributed by atoms with Crippen molar-refractivity contribution in [2.24, 2.45) is 5.73 Å². The highest BCUT2D eigenvalue weighted by molar-refractivity contribution is 9.09. The Morgan fingerprint density at radius 2 is 0.708 bits per heavy atom. The van der Waals surface area contributed by atoms with Crippen molar-refractivity contribution in [2.75, 3.05) is 131 Å². The van der Waals surface area contributed by atoms with Crippen molar-refractivity contribution >= 4 is 161 Å². The predicted octanol–water partition coefficient (Wildman–Crippen LogP) is 17.6. The Kier molecular flexibility index (Phi) is 48.7. The lowest BCUT2D eigenvalue weighted by molar-refractivity contribution is -0.151. The zero-order valence-corrected chi connectivity index (χ0v) is 82.5. The molecule has 0 saturated carbocycles. The number of halogens is 10. The highest BCUT2D eigenvalue weighted by Crippen LogP contribution is 2.41. The normalized spacial score (nSPS) is 17.0. The van der Waals surface area contributed by atoms with Crippen LogP contribution in [0.5, 0.6) is 0 Å². The van der Waals surface area contributed by atoms with Gasteiger partial charge in [0.25, 0.3) is 0 Å². The summed E-state index contributed by atoms with van der Waals surface area (Å²) in [5.74, 6) is -3.02. The molecule has 0 aliphatic carbocycles. The summed E-state index contributed by atoms with van der Waals surface area (Å²) < 4.78 is 51.7. The monoisotopic (exact) mass is 2090 g/mol. The fourth-order valence-electron chi connectivity index (χ4n) is 14.3. The van der Waals surface area contributed by atoms with Gasteiger partial charge in [-0.25, -0.2) is 44.7 Å². The van der Waals surface area contributed by atoms with Crippen LogP contribution in [-0.4, -0.2) is 233 Å². The minimum Gasteiger partial charge on any atom is -0.481 e. The molecule has 8 aromatic rings. The summed E-state index contributed by atoms with van der Waals surface area (Å²) >= 11 is 52.1. The zero-order chi connectivity index (χ0) is 95.4. The lowest BCUT2D eigenvalue weighted by Gasteiger charge is -2.43. The van der Waals surface area contributed by atoms with E-state index in [2.05, 4.69) is 107 Å². The van der Waals surface area contributed by atoms with Gasteiger partial charge < -0.3 is 73.7 Å². The summed E-state index contributed by atoms with van der Waals surface area (Å²) in [5, 5.41) is 35.5. The van der Waals surface area contributed by atoms with Crippen LogP contribution in [-0.2, 0) is 117 Å². The molecule has 40 heteroatoms. The van der Waals surface area contributed by atoms with E-state index < -0.39 is 51.4 Å². The van der Waals surface area contributed by atoms with Crippen LogP contribution in [0.3, 0.4) is 0 Å². The average molecular weight is 2090 g/mol. The highest BCUT2D eigenvalue weighted by atomic mass is 79.9. The molecular weight excluding hydrogens is 1980 g/mol. The van der Waals surface area contributed by atoms with Crippen LogP contribution in [0.15, 0.2) is 147 Å². The second kappa shape index (κ2) is 56.8. The van der Waals surface area contributed by atoms with Crippen molar-refractivity contribution in [1.82, 2.24) is 50.1 Å². The molecule has 6 aliphatic heterocycles. The molecule has 1 amide bonds. The van der Waals surface area contributed by atoms with Crippen molar-refractivity contribution in [3.05, 3.63) is 232 Å². The fraction of sp³-hybridized carbons (Fsp3) is 0.489. The number of nitrogens with one attached hydrogen (secondary N) is 1. The van der Waals surface area contributed by atoms with Crippen LogP contribution >= 0.6 is 125 Å². The first-order chi connectivity index (χ1) is 62.0. The van der Waals surface area contributed by atoms with Crippen LogP contribution in [0.1, 0.15) is 142 Å². The Morgan fingerprint density at radius 3 is 1.01 bits per heavy atom. The summed E-state index contributed by atoms with van der Waals surface area (Å²) in [4.78, 5) is 102. The van der Waals surface area contributed by atoms with E-state index in [0.717, 1.165) is 98.2 Å². The number of nitrogens with zero attached hydrogens (tertiary/aromatic N) is 9. The number of hydrogen-bond acceptors (Lipinski definition) is 26. The van der Waals surface area contributed by atoms with Crippen molar-refractivity contribution < 1.29 is 91.5 Å². The number of hydrogen-bond donors (Lipinski definition) is 5. The Bertz CT molecular complexity index is 4610. The SMILES string of the molecule is BrCCOCCBr.CC(C)(C)OC(=O)NC1(c2ccc(Cl)nc2)CCOCC1.CN(C)C1(c2ccc(Cl)nc2)CCOCC1.COC(=O)C1(c2ccc(Cl)nc2)CCOCC1.COC(=O)Cc1ccc(Cl)nc1.NC1(c2ccc(Cl)nc2)CCOCC1.O=C(O)C1(c2ccc(Cl)nc2)CCOCC1.O=C(O)C1(c2ccc(Cl)nc2)CCOCC1.O=C(O)Cc1ccc(Cl)nc1. The molecule has 0 atom stereocenters. The van der Waals surface area contributed by atoms with Gasteiger partial charge in [-0.15, -0.1) is 0 Å². The number of carboxylic acid groups (broad SMARTS) is 3. The Balaban J connectivity index is 0.000000228. The maximum Gasteiger partial charge on any atom is 0.408 e. The van der Waals surface area contributed by atoms with Crippen molar-refractivity contribution in [3.63, 3.8) is 0 Å². The lowest BCUT2D eigenvalue weighted by atomic mass is 9.75. The van der Waals surface area contributed by atoms with Crippen LogP contribution in [0.4, 0.5) is 4.79 Å². The number of aromatic nitrogens is 8. The molecule has 14 rings (SSSR count). The number of ether oxygens (including phenoxy) is 10. The van der Waals surface area contributed by atoms with Crippen molar-refractivity contribution in [1.29, 1.82) is 0 Å². The predicted molar refractivity (Wildman–Crippen MR) is 504 cm³/mol. The molecule has 0 bridgehead atoms. The van der Waals surface area contributed by atoms with Crippen molar-refractivity contribution in [3.8, 4) is 0 Å². The maximum absolute atomic E-state index is 12.2. The van der Waals surface area contributed by atoms with E-state index in [-0.39, 0.29) is 35.9 Å². The van der Waals surface area contributed by atoms with E-state index in [1.165, 1.54) is 26.0 Å². The topological polar surface area (TPSA) is 400 Å². The number of aliphatic carboxylic acids is 3. The molecule has 6 aliphatic rings. The van der Waals surface area contributed by atoms with E-state index in [1.54, 1.807) is 104 Å². The number of alkyl carbamates (subject to hydrolysis) is 1. The summed E-state index contributed by atoms with van der Waals surface area (Å²) in [7, 11) is 6.98. The summed E-state index contributed by atoms with van der Waals surface area (Å²) in [6, 6.07) is 28.1. The summed E-state index contributed by atoms with van der Waals surface area (Å²) in [6.07, 6.45) is 21.1. The first-order valence-electron chi connectivity index (χ1n) is 41.4. The highest BCUT2D eigenvalue weighted by Gasteiger charge is 2.46. The standard InChI is InChI=1S/C15H21ClN2O3.C12H17ClN2O.C12H14ClNO3.2C11H12ClNO3.C10H13ClN2O.C8H8ClNO2.C7H6ClNO2.C4H8Br2O/c1-14(2,3)21-13(19)18-15(6-8-20-9-7-15)11-4-5-12(16)17-10-11;1-15(2)12(5-7-16-8-6-12)10-3-4-11(13)14-9-10;1-16-11(15)12(4-6-17-7-5-12)9-2-3-10(13)14-8-9;2*12-9-2-1-8(7-13-9)11(10(14)15)3-5-16-6-4-11;11-9-2-1-8(7-13-9)10(12)3-5-14-6-4-10;1-12-8(11)4-6-2-3-7(9)10-5-6;8-6-2-1-5(4-9-6)3-7(10)11;5-1-3-7-4-2-6/h4-5,10H,6-9H2,1-3H3,(H,18,19);3-4,9H,5-8H2,1-2H3;2-3,8H,4-7H2,1H3;2*1-2,7H,3-6H2,(H,14,15);1-2,7H,3-6,12H2;2-3,5H,4H2,1H3;1-2,4H,3H2,(H,10,11);1-4H2. The maximum atomic E-state index is 12.2. The molecule has 30 nitrogen and oxygen atoms in total. The van der Waals surface area contributed by atoms with E-state index in [1.807, 2.05) is 51.2 Å². The molecule has 710 valence electrons. The zero-order valence-electron chi connectivity index (χ0n) is 73.3. The molecule has 0 spiro atoms. The third-order valence-corrected chi connectivity index (χ3v) is 24.2. The molecule has 8 aromatic heterocycles. The van der Waals surface area contributed by atoms with Crippen LogP contribution < -0.4 is 11.1 Å². The molecule has 0 radical (unpaired) electrons. The minimum absolute atomic E-state index is 0.00975. The number of nitrogens with two attached hydrogens (primary N) is 1. The van der Waals surface area contributed by atoms with Gasteiger partial charge in [-0.05, 0) is 205 Å². The van der Waals surface area contributed by atoms with Crippen LogP contribution in [0.25, 0.3) is 0 Å². The Hall–Kier alpha value is -7.26. The molecule has 6 fully saturated rings. The number of alkyl halides is 2. The van der Waals surface area contributed by atoms with Crippen LogP contribution in [0, 0.1) is 0 Å². The number of rotatable bonds is 19. The molecule has 6 N–H and O–H groups in total. The number of carbonyl (C=O) groups is 6. The Morgan fingerprint density at radius 1 is 0.408 bits per heavy atom. The molecule has 130 heavy (non-hydrogen) atoms. The van der Waals surface area contributed by atoms with E-state index >= 15 is 0 Å². The first kappa shape index (κ1) is 111. The molecule has 6 saturated heterocycles. The minimum atomic E-state index is -0.867. The van der Waals surface area contributed by atoms with Gasteiger partial charge in [0, 0.05) is 145 Å². The Labute approximate surface area is 814 Å². The van der Waals surface area contributed by atoms with Crippen LogP contribution in [0.2, 0.25) is 41.2 Å². The second-order valence-corrected chi connectivity index (χ2v) is 36.0. The number of methoxy groups -OCH3 is 2. The first-order valence-corrected chi connectivity index (χ1v) is 46.6. The summed E-state index contributed by atoms with van der Waals surface area (Å²) in [5.41, 5.74) is 9.51. The van der Waals surface area contributed by atoms with Crippen molar-refractivity contribution in [2.45, 2.75) is 149 Å². The molecular formula is C90H111Br2Cl8N11O19. The van der Waals surface area contributed by atoms with Gasteiger partial charge in [-0.2, -0.15) is 0 Å². The molecule has 14 heterocycles. The van der Waals surface area contributed by atoms with Gasteiger partial charge in [0.15, 0.2) is 0 Å². The second-order valence-electron chi connectivity index (χ2n) is 31.3. The van der Waals surface area contributed by atoms with Gasteiger partial charge in [0.05, 0.1) is 67.6 Å². The number of carbonyl (C=O) groups excluding carboxylic acids is 3. The van der Waals surface area contributed by atoms with Gasteiger partial charge in [-0.3, -0.25) is 28.9 Å². The third-order valence-electron chi connectivity index (χ3n) is 21.7. The van der Waals surface area contributed by atoms with Gasteiger partial charge in [-0.1, -0.05) is 173 Å². The number of pyridine rings is 8. The van der Waals surface area contributed by atoms with E-state index in [4.69, 9.17) is 146 Å². The lowest BCUT2D eigenvalue weighted by Crippen LogP contribution is -2.50. The average Bonchev–Trinajstić information content (AvgIpc) is 0.801. The van der Waals surface area contributed by atoms with E-state index in [9.17, 15) is 39.0 Å². The smallest absolute Gasteiger partial charge is 0.408 e. The third kappa shape index (κ3) is 36.2. The number of esters is 2. The van der Waals surface area contributed by atoms with Gasteiger partial charge in [0.2, 0.25) is 0 Å². The quantitative estimate of drug-likeness (QED) is 0.0165. The number of amides is 1. The van der Waals surface area contributed by atoms with E-state index in [0.29, 0.717) is 162 Å². The number of carboxylic acids is 3. The van der Waals surface area contributed by atoms with Gasteiger partial charge in [0.1, 0.15) is 46.8 Å². The largest absolute Gasteiger partial charge is 0.481 e. The molecule has 0 unspecified atom stereocenters. The van der Waals surface area contributed by atoms with Gasteiger partial charge >= 0.3 is 35.9 Å². The fourth-order valence-corrected chi connectivity index (χ4v) is 15.6.